The number of hydrogen-bond acceptors (Lipinski definition) is 2. The van der Waals surface area contributed by atoms with Gasteiger partial charge in [-0.15, -0.1) is 0 Å². The van der Waals surface area contributed by atoms with Crippen molar-refractivity contribution in [3.63, 3.8) is 0 Å². The van der Waals surface area contributed by atoms with Crippen molar-refractivity contribution in [3.05, 3.63) is 29.8 Å². The van der Waals surface area contributed by atoms with Gasteiger partial charge in [-0.2, -0.15) is 17.5 Å². The van der Waals surface area contributed by atoms with Crippen LogP contribution in [0.3, 0.4) is 0 Å². The molecular formula is C14H18F3NO2S. The van der Waals surface area contributed by atoms with Crippen LogP contribution in [0.25, 0.3) is 0 Å². The molecule has 0 bridgehead atoms. The zero-order valence-corrected chi connectivity index (χ0v) is 12.7. The van der Waals surface area contributed by atoms with Gasteiger partial charge in [0.1, 0.15) is 0 Å². The minimum absolute atomic E-state index is 0.0725. The van der Waals surface area contributed by atoms with Gasteiger partial charge in [-0.25, -0.2) is 8.42 Å². The second-order valence-corrected chi connectivity index (χ2v) is 7.63. The van der Waals surface area contributed by atoms with Crippen molar-refractivity contribution in [3.8, 4) is 0 Å². The third-order valence-corrected chi connectivity index (χ3v) is 5.73. The van der Waals surface area contributed by atoms with E-state index < -0.39 is 28.5 Å². The van der Waals surface area contributed by atoms with Crippen LogP contribution in [0.1, 0.15) is 18.9 Å². The molecule has 1 aliphatic rings. The summed E-state index contributed by atoms with van der Waals surface area (Å²) in [7, 11) is -3.71. The zero-order chi connectivity index (χ0) is 15.8. The van der Waals surface area contributed by atoms with Crippen LogP contribution in [0.4, 0.5) is 13.2 Å². The molecule has 1 saturated heterocycles. The summed E-state index contributed by atoms with van der Waals surface area (Å²) < 4.78 is 63.6. The predicted octanol–water partition coefficient (Wildman–Crippen LogP) is 3.20. The van der Waals surface area contributed by atoms with Gasteiger partial charge < -0.3 is 0 Å². The first-order chi connectivity index (χ1) is 9.59. The predicted molar refractivity (Wildman–Crippen MR) is 73.3 cm³/mol. The molecule has 1 fully saturated rings. The van der Waals surface area contributed by atoms with Crippen molar-refractivity contribution in [1.82, 2.24) is 4.31 Å². The maximum atomic E-state index is 12.5. The molecule has 7 heteroatoms. The highest BCUT2D eigenvalue weighted by molar-refractivity contribution is 7.89. The van der Waals surface area contributed by atoms with Gasteiger partial charge in [0.05, 0.1) is 4.90 Å². The summed E-state index contributed by atoms with van der Waals surface area (Å²) in [4.78, 5) is 0.132. The molecule has 0 N–H and O–H groups in total. The van der Waals surface area contributed by atoms with Crippen molar-refractivity contribution in [1.29, 1.82) is 0 Å². The largest absolute Gasteiger partial charge is 0.389 e. The molecule has 1 aromatic carbocycles. The molecule has 0 radical (unpaired) electrons. The standard InChI is InChI=1S/C14H18F3NO2S/c1-10-3-5-13(6-4-10)21(19,20)18-8-11(2)12(9-18)7-14(15,16)17/h3-6,11-12H,7-9H2,1-2H3/t11-,12+/m0/s1. The highest BCUT2D eigenvalue weighted by Gasteiger charge is 2.42. The third-order valence-electron chi connectivity index (χ3n) is 3.89. The maximum absolute atomic E-state index is 12.5. The molecule has 0 unspecified atom stereocenters. The first-order valence-electron chi connectivity index (χ1n) is 6.73. The maximum Gasteiger partial charge on any atom is 0.389 e. The number of nitrogens with zero attached hydrogens (tertiary/aromatic N) is 1. The van der Waals surface area contributed by atoms with Crippen molar-refractivity contribution >= 4 is 10.0 Å². The van der Waals surface area contributed by atoms with Crippen LogP contribution in [0.2, 0.25) is 0 Å². The van der Waals surface area contributed by atoms with E-state index in [1.165, 1.54) is 16.4 Å². The quantitative estimate of drug-likeness (QED) is 0.857. The van der Waals surface area contributed by atoms with Gasteiger partial charge in [-0.1, -0.05) is 24.6 Å². The van der Waals surface area contributed by atoms with Crippen molar-refractivity contribution in [2.45, 2.75) is 31.3 Å². The van der Waals surface area contributed by atoms with E-state index in [0.717, 1.165) is 5.56 Å². The number of aryl methyl sites for hydroxylation is 1. The Hall–Kier alpha value is -1.08. The van der Waals surface area contributed by atoms with E-state index in [2.05, 4.69) is 0 Å². The molecule has 1 aromatic rings. The fourth-order valence-corrected chi connectivity index (χ4v) is 4.20. The van der Waals surface area contributed by atoms with E-state index in [1.807, 2.05) is 6.92 Å². The van der Waals surface area contributed by atoms with Crippen LogP contribution < -0.4 is 0 Å². The Morgan fingerprint density at radius 2 is 1.76 bits per heavy atom. The first kappa shape index (κ1) is 16.3. The molecule has 118 valence electrons. The molecule has 0 aliphatic carbocycles. The van der Waals surface area contributed by atoms with E-state index in [4.69, 9.17) is 0 Å². The van der Waals surface area contributed by atoms with Gasteiger partial charge in [0.25, 0.3) is 0 Å². The van der Waals surface area contributed by atoms with E-state index in [-0.39, 0.29) is 23.9 Å². The minimum atomic E-state index is -4.26. The van der Waals surface area contributed by atoms with Crippen LogP contribution in [0.15, 0.2) is 29.2 Å². The summed E-state index contributed by atoms with van der Waals surface area (Å²) in [5, 5.41) is 0. The fourth-order valence-electron chi connectivity index (χ4n) is 2.60. The lowest BCUT2D eigenvalue weighted by Crippen LogP contribution is -2.29. The molecule has 0 spiro atoms. The van der Waals surface area contributed by atoms with Crippen LogP contribution in [-0.4, -0.2) is 32.0 Å². The van der Waals surface area contributed by atoms with Gasteiger partial charge >= 0.3 is 6.18 Å². The summed E-state index contributed by atoms with van der Waals surface area (Å²) in [6, 6.07) is 6.35. The van der Waals surface area contributed by atoms with Crippen LogP contribution in [0.5, 0.6) is 0 Å². The second kappa shape index (κ2) is 5.61. The molecule has 0 aromatic heterocycles. The molecule has 2 rings (SSSR count). The average molecular weight is 321 g/mol. The zero-order valence-electron chi connectivity index (χ0n) is 11.9. The molecule has 1 aliphatic heterocycles. The SMILES string of the molecule is Cc1ccc(S(=O)(=O)N2C[C@@H](CC(F)(F)F)[C@@H](C)C2)cc1. The third kappa shape index (κ3) is 3.77. The van der Waals surface area contributed by atoms with E-state index in [0.29, 0.717) is 0 Å². The molecule has 0 saturated carbocycles. The molecule has 21 heavy (non-hydrogen) atoms. The molecule has 1 heterocycles. The van der Waals surface area contributed by atoms with Crippen LogP contribution in [-0.2, 0) is 10.0 Å². The molecule has 0 amide bonds. The Morgan fingerprint density at radius 1 is 1.19 bits per heavy atom. The van der Waals surface area contributed by atoms with Gasteiger partial charge in [0, 0.05) is 19.5 Å². The number of benzene rings is 1. The Bertz CT molecular complexity index is 596. The Labute approximate surface area is 122 Å². The molecule has 2 atom stereocenters. The summed E-state index contributed by atoms with van der Waals surface area (Å²) in [5.41, 5.74) is 0.929. The summed E-state index contributed by atoms with van der Waals surface area (Å²) in [6.07, 6.45) is -5.20. The van der Waals surface area contributed by atoms with Gasteiger partial charge in [-0.05, 0) is 30.9 Å². The second-order valence-electron chi connectivity index (χ2n) is 5.69. The lowest BCUT2D eigenvalue weighted by atomic mass is 9.95. The fraction of sp³-hybridized carbons (Fsp3) is 0.571. The topological polar surface area (TPSA) is 37.4 Å². The Balaban J connectivity index is 2.17. The van der Waals surface area contributed by atoms with E-state index in [1.54, 1.807) is 19.1 Å². The lowest BCUT2D eigenvalue weighted by molar-refractivity contribution is -0.145. The number of sulfonamides is 1. The van der Waals surface area contributed by atoms with Gasteiger partial charge in [0.2, 0.25) is 10.0 Å². The number of halogens is 3. The van der Waals surface area contributed by atoms with Crippen molar-refractivity contribution < 1.29 is 21.6 Å². The Kier molecular flexibility index (Phi) is 4.35. The van der Waals surface area contributed by atoms with Crippen molar-refractivity contribution in [2.75, 3.05) is 13.1 Å². The van der Waals surface area contributed by atoms with Gasteiger partial charge in [-0.3, -0.25) is 0 Å². The summed E-state index contributed by atoms with van der Waals surface area (Å²) in [6.45, 7) is 3.57. The highest BCUT2D eigenvalue weighted by atomic mass is 32.2. The highest BCUT2D eigenvalue weighted by Crippen LogP contribution is 2.35. The van der Waals surface area contributed by atoms with Gasteiger partial charge in [0.15, 0.2) is 0 Å². The smallest absolute Gasteiger partial charge is 0.207 e. The monoisotopic (exact) mass is 321 g/mol. The normalized spacial score (nSPS) is 24.4. The number of hydrogen-bond donors (Lipinski definition) is 0. The molecular weight excluding hydrogens is 303 g/mol. The lowest BCUT2D eigenvalue weighted by Gasteiger charge is -2.17. The first-order valence-corrected chi connectivity index (χ1v) is 8.17. The average Bonchev–Trinajstić information content (AvgIpc) is 2.70. The number of alkyl halides is 3. The van der Waals surface area contributed by atoms with Crippen molar-refractivity contribution in [2.24, 2.45) is 11.8 Å². The summed E-state index contributed by atoms with van der Waals surface area (Å²) >= 11 is 0. The number of rotatable bonds is 3. The van der Waals surface area contributed by atoms with E-state index in [9.17, 15) is 21.6 Å². The summed E-state index contributed by atoms with van der Waals surface area (Å²) in [5.74, 6) is -0.975. The van der Waals surface area contributed by atoms with Crippen LogP contribution >= 0.6 is 0 Å². The Morgan fingerprint density at radius 3 is 2.29 bits per heavy atom. The van der Waals surface area contributed by atoms with Crippen LogP contribution in [0, 0.1) is 18.8 Å². The minimum Gasteiger partial charge on any atom is -0.207 e. The molecule has 3 nitrogen and oxygen atoms in total. The van der Waals surface area contributed by atoms with E-state index >= 15 is 0 Å².